The van der Waals surface area contributed by atoms with E-state index in [-0.39, 0.29) is 95.2 Å². The summed E-state index contributed by atoms with van der Waals surface area (Å²) >= 11 is 0. The molecule has 2 aromatic carbocycles. The SMILES string of the molecule is C[C@H](CCC(=O)N[C@@H](CCC(=O)NC[C@H](O)[C@@H](O)[C@H](O)[C@H](O)CO)C(=O)N[C@@H](CCC(=O)O)C(=O)N[C@@H](CCC(=O)NC[C@H](O)[C@@H](O)[C@H](O)[C@H](O)CO)C(=O)N[C@@H](CCC(=O)O)C(=O)N[C@@H](CCC(=O)NC[C@H](O)[C@@H](O)[C@H](O)[C@H](O)CO)C(=O)N[C@H](C)CSSCCOC(=O)CC[C@H](NC(=O)c1ccc(NCc2cnc3nc(N)nc(N)c3n2)cc1)C(=O)O)NC(=O)c1ccc(NCc2cnc3nc(N)[nH]c(=O)c3n2)cc1. The third-order valence-corrected chi connectivity index (χ3v) is 24.4. The number of aromatic nitrogens is 8. The number of ether oxygens (including phenoxy) is 1. The highest BCUT2D eigenvalue weighted by Gasteiger charge is 2.38. The van der Waals surface area contributed by atoms with Crippen molar-refractivity contribution < 1.29 is 169 Å². The lowest BCUT2D eigenvalue weighted by atomic mass is 10.0. The number of aliphatic hydroxyl groups excluding tert-OH is 15. The molecule has 6 rings (SSSR count). The van der Waals surface area contributed by atoms with Crippen molar-refractivity contribution in [2.45, 2.75) is 238 Å². The van der Waals surface area contributed by atoms with Crippen molar-refractivity contribution in [3.05, 3.63) is 93.8 Å². The van der Waals surface area contributed by atoms with Crippen LogP contribution >= 0.6 is 21.6 Å². The van der Waals surface area contributed by atoms with Crippen LogP contribution in [0.15, 0.2) is 65.7 Å². The number of nitrogens with zero attached hydrogens (tertiary/aromatic N) is 7. The Morgan fingerprint density at radius 2 is 0.762 bits per heavy atom. The van der Waals surface area contributed by atoms with Crippen LogP contribution in [0.2, 0.25) is 0 Å². The molecule has 0 aliphatic rings. The molecule has 4 heterocycles. The van der Waals surface area contributed by atoms with Crippen molar-refractivity contribution in [1.82, 2.24) is 98.4 Å². The van der Waals surface area contributed by atoms with Crippen LogP contribution in [0.1, 0.15) is 136 Å². The third kappa shape index (κ3) is 41.9. The molecule has 147 heavy (non-hydrogen) atoms. The summed E-state index contributed by atoms with van der Waals surface area (Å²) in [5.74, 6) is -18.1. The number of carbonyl (C=O) groups excluding carboxylic acids is 12. The molecule has 0 spiro atoms. The molecule has 0 fully saturated rings. The Morgan fingerprint density at radius 1 is 0.395 bits per heavy atom. The number of aliphatic hydroxyl groups is 15. The summed E-state index contributed by atoms with van der Waals surface area (Å²) < 4.78 is 5.28. The first-order valence-electron chi connectivity index (χ1n) is 45.6. The summed E-state index contributed by atoms with van der Waals surface area (Å²) in [4.78, 5) is 248. The Bertz CT molecular complexity index is 5480. The fourth-order valence-electron chi connectivity index (χ4n) is 13.4. The second kappa shape index (κ2) is 61.6. The smallest absolute Gasteiger partial charge is 0.326 e. The Kier molecular flexibility index (Phi) is 51.1. The van der Waals surface area contributed by atoms with Crippen LogP contribution in [-0.2, 0) is 80.2 Å². The fourth-order valence-corrected chi connectivity index (χ4v) is 15.5. The number of H-pyrrole nitrogens is 1. The average Bonchev–Trinajstić information content (AvgIpc) is 0.811. The summed E-state index contributed by atoms with van der Waals surface area (Å²) in [6, 6.07) is -1.60. The number of fused-ring (bicyclic) bond motifs is 2. The van der Waals surface area contributed by atoms with Crippen molar-refractivity contribution in [2.24, 2.45) is 0 Å². The number of aliphatic carboxylic acids is 3. The number of benzene rings is 2. The Hall–Kier alpha value is -13.8. The number of rotatable bonds is 67. The first kappa shape index (κ1) is 122. The van der Waals surface area contributed by atoms with Gasteiger partial charge in [-0.3, -0.25) is 76.9 Å². The minimum absolute atomic E-state index is 0.0165. The molecule has 11 amide bonds. The molecule has 0 saturated carbocycles. The van der Waals surface area contributed by atoms with Gasteiger partial charge in [-0.1, -0.05) is 21.6 Å². The lowest BCUT2D eigenvalue weighted by molar-refractivity contribution is -0.144. The van der Waals surface area contributed by atoms with Crippen LogP contribution < -0.4 is 91.9 Å². The molecule has 0 saturated heterocycles. The molecule has 38 N–H and O–H groups in total. The molecule has 0 aliphatic heterocycles. The number of nitrogen functional groups attached to an aromatic ring is 3. The molecule has 59 nitrogen and oxygen atoms in total. The van der Waals surface area contributed by atoms with Crippen molar-refractivity contribution in [3.63, 3.8) is 0 Å². The quantitative estimate of drug-likeness (QED) is 0.00958. The number of hydrogen-bond donors (Lipinski definition) is 35. The van der Waals surface area contributed by atoms with E-state index in [4.69, 9.17) is 21.9 Å². The second-order valence-corrected chi connectivity index (χ2v) is 36.2. The maximum Gasteiger partial charge on any atom is 0.326 e. The van der Waals surface area contributed by atoms with Gasteiger partial charge in [0, 0.05) is 111 Å². The zero-order chi connectivity index (χ0) is 109. The molecule has 4 aromatic heterocycles. The number of nitrogens with one attached hydrogen (secondary N) is 14. The molecule has 0 unspecified atom stereocenters. The zero-order valence-corrected chi connectivity index (χ0v) is 80.8. The maximum absolute atomic E-state index is 14.9. The number of nitrogens with two attached hydrogens (primary N) is 3. The number of carbonyl (C=O) groups is 15. The van der Waals surface area contributed by atoms with Gasteiger partial charge in [-0.25, -0.2) is 24.7 Å². The predicted octanol–water partition coefficient (Wildman–Crippen LogP) is -11.4. The van der Waals surface area contributed by atoms with Gasteiger partial charge in [0.05, 0.1) is 75.0 Å². The standard InChI is InChI=1S/C86H124N24O35S2/c1-38(97-76(135)40-4-8-42(9-5-40)91-28-45-30-96-75-66(100-45)83(142)110-86(89)109-75)3-18-61(123)101-46(12-19-58(120)92-31-52(114)67(129)70(132)55(117)34-111)79(138)104-49(15-22-62(124)125)82(141)103-48(14-21-60(122)94-33-54(116)69(131)72(134)57(119)36-113)80(139)105-50(16-23-63(126)127)81(140)102-47(13-20-59(121)93-32-53(115)68(130)71(133)56(118)35-112)78(137)98-39(2)37-147-146-26-25-145-64(128)24-17-51(84(143)144)106-77(136)41-6-10-43(11-7-41)90-27-44-29-95-74-65(99-44)73(87)107-85(88)108-74/h4-11,29-30,38-39,46-57,67-72,90-91,111-119,129-134H,3,12-28,31-37H2,1-2H3,(H,92,120)(H,93,121)(H,94,122)(H,97,135)(H,98,137)(H,101,123)(H,102,140)(H,103,141)(H,104,138)(H,105,139)(H,106,136)(H,124,125)(H,126,127)(H,143,144)(H4,87,88,95,107,108)(H3,89,96,109,110,142)/t38-,39-,46+,47+,48+,49+,50+,51+,52+,53+,54+,55-,56-,57-,67-,68-,69-,70-,71-,72-/m1/s1. The van der Waals surface area contributed by atoms with Gasteiger partial charge in [0.2, 0.25) is 65.1 Å². The second-order valence-electron chi connectivity index (χ2n) is 33.6. The number of esters is 1. The first-order chi connectivity index (χ1) is 69.6. The Labute approximate surface area is 842 Å². The number of carboxylic acids is 3. The minimum Gasteiger partial charge on any atom is -0.481 e. The van der Waals surface area contributed by atoms with Crippen LogP contribution in [0.5, 0.6) is 0 Å². The van der Waals surface area contributed by atoms with Crippen LogP contribution in [-0.4, -0.2) is 400 Å². The molecular weight excluding hydrogens is 1990 g/mol. The molecule has 20 atom stereocenters. The molecule has 810 valence electrons. The van der Waals surface area contributed by atoms with E-state index in [9.17, 15) is 169 Å². The summed E-state index contributed by atoms with van der Waals surface area (Å²) in [7, 11) is 2.22. The van der Waals surface area contributed by atoms with E-state index in [0.29, 0.717) is 22.8 Å². The maximum atomic E-state index is 14.9. The molecular formula is C86H124N24O35S2. The summed E-state index contributed by atoms with van der Waals surface area (Å²) in [5, 5.41) is 212. The van der Waals surface area contributed by atoms with Crippen molar-refractivity contribution in [1.29, 1.82) is 0 Å². The highest BCUT2D eigenvalue weighted by molar-refractivity contribution is 8.76. The van der Waals surface area contributed by atoms with Crippen LogP contribution in [0, 0.1) is 0 Å². The van der Waals surface area contributed by atoms with Gasteiger partial charge in [-0.2, -0.15) is 15.0 Å². The molecule has 0 bridgehead atoms. The molecule has 0 aliphatic carbocycles. The van der Waals surface area contributed by atoms with E-state index < -0.39 is 333 Å². The summed E-state index contributed by atoms with van der Waals surface area (Å²) in [5.41, 5.74) is 18.9. The van der Waals surface area contributed by atoms with Gasteiger partial charge in [-0.05, 0) is 107 Å². The third-order valence-electron chi connectivity index (χ3n) is 21.8. The molecule has 6 aromatic rings. The lowest BCUT2D eigenvalue weighted by Gasteiger charge is -2.28. The van der Waals surface area contributed by atoms with Crippen molar-refractivity contribution in [3.8, 4) is 0 Å². The number of aromatic amines is 1. The van der Waals surface area contributed by atoms with Crippen LogP contribution in [0.25, 0.3) is 22.3 Å². The monoisotopic (exact) mass is 2120 g/mol. The van der Waals surface area contributed by atoms with E-state index >= 15 is 0 Å². The van der Waals surface area contributed by atoms with E-state index in [1.165, 1.54) is 50.5 Å². The highest BCUT2D eigenvalue weighted by atomic mass is 33.1. The number of amides is 11. The minimum atomic E-state index is -2.24. The molecule has 61 heteroatoms. The fraction of sp³-hybridized carbons (Fsp3) is 0.547. The van der Waals surface area contributed by atoms with Gasteiger partial charge >= 0.3 is 23.9 Å². The lowest BCUT2D eigenvalue weighted by Crippen LogP contribution is -2.59. The van der Waals surface area contributed by atoms with E-state index in [1.54, 1.807) is 24.3 Å². The van der Waals surface area contributed by atoms with E-state index in [1.807, 2.05) is 0 Å². The van der Waals surface area contributed by atoms with Gasteiger partial charge in [-0.15, -0.1) is 0 Å². The van der Waals surface area contributed by atoms with E-state index in [0.717, 1.165) is 21.6 Å². The normalized spacial score (nSPS) is 15.5. The molecule has 0 radical (unpaired) electrons. The average molecular weight is 2120 g/mol. The van der Waals surface area contributed by atoms with Gasteiger partial charge < -0.3 is 183 Å². The predicted molar refractivity (Wildman–Crippen MR) is 515 cm³/mol. The highest BCUT2D eigenvalue weighted by Crippen LogP contribution is 2.24. The van der Waals surface area contributed by atoms with Gasteiger partial charge in [0.25, 0.3) is 17.4 Å². The Balaban J connectivity index is 1.18. The van der Waals surface area contributed by atoms with E-state index in [2.05, 4.69) is 109 Å². The summed E-state index contributed by atoms with van der Waals surface area (Å²) in [6.07, 6.45) is -32.5. The Morgan fingerprint density at radius 3 is 1.17 bits per heavy atom. The van der Waals surface area contributed by atoms with Gasteiger partial charge in [0.15, 0.2) is 28.1 Å². The van der Waals surface area contributed by atoms with Crippen molar-refractivity contribution >= 4 is 162 Å². The van der Waals surface area contributed by atoms with Crippen LogP contribution in [0.3, 0.4) is 0 Å². The number of hydrogen-bond acceptors (Lipinski definition) is 46. The number of anilines is 5. The first-order valence-corrected chi connectivity index (χ1v) is 48.1. The number of carboxylic acid groups (broad SMARTS) is 3. The zero-order valence-electron chi connectivity index (χ0n) is 79.2. The topological polar surface area (TPSA) is 987 Å². The van der Waals surface area contributed by atoms with Crippen LogP contribution in [0.4, 0.5) is 29.1 Å². The van der Waals surface area contributed by atoms with Crippen molar-refractivity contribution in [2.75, 3.05) is 85.4 Å². The largest absolute Gasteiger partial charge is 0.481 e. The summed E-state index contributed by atoms with van der Waals surface area (Å²) in [6.45, 7) is -2.90. The van der Waals surface area contributed by atoms with Gasteiger partial charge in [0.1, 0.15) is 97.8 Å².